The van der Waals surface area contributed by atoms with Gasteiger partial charge in [-0.15, -0.1) is 10.2 Å². The lowest BCUT2D eigenvalue weighted by Gasteiger charge is -2.25. The third-order valence-electron chi connectivity index (χ3n) is 5.09. The van der Waals surface area contributed by atoms with Crippen molar-refractivity contribution < 1.29 is 9.53 Å². The molecule has 2 heterocycles. The number of nitrogens with zero attached hydrogens (tertiary/aromatic N) is 3. The number of rotatable bonds is 4. The molecule has 6 nitrogen and oxygen atoms in total. The zero-order chi connectivity index (χ0) is 16.5. The first-order chi connectivity index (χ1) is 11.8. The van der Waals surface area contributed by atoms with Crippen molar-refractivity contribution in [2.45, 2.75) is 51.1 Å². The van der Waals surface area contributed by atoms with Crippen molar-refractivity contribution in [3.63, 3.8) is 0 Å². The van der Waals surface area contributed by atoms with Crippen molar-refractivity contribution in [2.75, 3.05) is 7.11 Å². The first-order valence-electron chi connectivity index (χ1n) is 8.61. The Morgan fingerprint density at radius 3 is 3.12 bits per heavy atom. The van der Waals surface area contributed by atoms with Gasteiger partial charge in [0, 0.05) is 13.0 Å². The monoisotopic (exact) mass is 326 g/mol. The molecule has 0 saturated carbocycles. The maximum absolute atomic E-state index is 12.7. The maximum Gasteiger partial charge on any atom is 0.227 e. The molecular weight excluding hydrogens is 304 g/mol. The maximum atomic E-state index is 12.7. The summed E-state index contributed by atoms with van der Waals surface area (Å²) >= 11 is 0. The Bertz CT molecular complexity index is 768. The molecule has 1 atom stereocenters. The third kappa shape index (κ3) is 2.66. The summed E-state index contributed by atoms with van der Waals surface area (Å²) in [6.07, 6.45) is 5.04. The van der Waals surface area contributed by atoms with Crippen LogP contribution in [0.15, 0.2) is 18.2 Å². The molecule has 24 heavy (non-hydrogen) atoms. The van der Waals surface area contributed by atoms with Crippen molar-refractivity contribution in [2.24, 2.45) is 0 Å². The van der Waals surface area contributed by atoms with Crippen LogP contribution in [-0.2, 0) is 30.7 Å². The van der Waals surface area contributed by atoms with E-state index in [4.69, 9.17) is 4.74 Å². The fourth-order valence-electron chi connectivity index (χ4n) is 3.81. The molecule has 0 spiro atoms. The van der Waals surface area contributed by atoms with Crippen molar-refractivity contribution in [1.29, 1.82) is 0 Å². The molecular formula is C18H22N4O2. The van der Waals surface area contributed by atoms with Gasteiger partial charge in [-0.3, -0.25) is 4.79 Å². The summed E-state index contributed by atoms with van der Waals surface area (Å²) in [5.74, 6) is 2.66. The Morgan fingerprint density at radius 2 is 2.25 bits per heavy atom. The number of hydrogen-bond acceptors (Lipinski definition) is 4. The lowest BCUT2D eigenvalue weighted by Crippen LogP contribution is -2.32. The van der Waals surface area contributed by atoms with Gasteiger partial charge < -0.3 is 14.6 Å². The average Bonchev–Trinajstić information content (AvgIpc) is 3.22. The standard InChI is InChI=1S/C18H22N4O2/c1-24-13-8-7-12-4-2-5-14(15(12)10-13)18(23)19-11-17-21-20-16-6-3-9-22(16)17/h7-8,10,14H,2-6,9,11H2,1H3,(H,19,23). The van der Waals surface area contributed by atoms with E-state index in [-0.39, 0.29) is 11.8 Å². The lowest BCUT2D eigenvalue weighted by atomic mass is 9.82. The highest BCUT2D eigenvalue weighted by Crippen LogP contribution is 2.34. The SMILES string of the molecule is COc1ccc2c(c1)C(C(=O)NCc1nnc3n1CCC3)CCC2. The molecule has 1 aromatic heterocycles. The predicted molar refractivity (Wildman–Crippen MR) is 88.9 cm³/mol. The van der Waals surface area contributed by atoms with E-state index in [2.05, 4.69) is 26.1 Å². The fourth-order valence-corrected chi connectivity index (χ4v) is 3.81. The van der Waals surface area contributed by atoms with Crippen molar-refractivity contribution in [3.8, 4) is 5.75 Å². The zero-order valence-corrected chi connectivity index (χ0v) is 13.9. The van der Waals surface area contributed by atoms with Crippen LogP contribution in [0.4, 0.5) is 0 Å². The van der Waals surface area contributed by atoms with Crippen LogP contribution in [0, 0.1) is 0 Å². The highest BCUT2D eigenvalue weighted by atomic mass is 16.5. The van der Waals surface area contributed by atoms with Crippen LogP contribution in [0.25, 0.3) is 0 Å². The number of benzene rings is 1. The molecule has 1 unspecified atom stereocenters. The fraction of sp³-hybridized carbons (Fsp3) is 0.500. The molecule has 1 aliphatic heterocycles. The number of aromatic nitrogens is 3. The molecule has 1 aliphatic carbocycles. The Hall–Kier alpha value is -2.37. The molecule has 0 fully saturated rings. The van der Waals surface area contributed by atoms with Crippen LogP contribution < -0.4 is 10.1 Å². The summed E-state index contributed by atoms with van der Waals surface area (Å²) < 4.78 is 7.45. The third-order valence-corrected chi connectivity index (χ3v) is 5.09. The molecule has 1 N–H and O–H groups in total. The Morgan fingerprint density at radius 1 is 1.33 bits per heavy atom. The number of nitrogens with one attached hydrogen (secondary N) is 1. The zero-order valence-electron chi connectivity index (χ0n) is 13.9. The molecule has 1 aromatic carbocycles. The number of carbonyl (C=O) groups is 1. The number of carbonyl (C=O) groups excluding carboxylic acids is 1. The van der Waals surface area contributed by atoms with Crippen LogP contribution in [0.2, 0.25) is 0 Å². The smallest absolute Gasteiger partial charge is 0.227 e. The van der Waals surface area contributed by atoms with Gasteiger partial charge in [0.2, 0.25) is 5.91 Å². The minimum atomic E-state index is -0.107. The van der Waals surface area contributed by atoms with Crippen LogP contribution >= 0.6 is 0 Å². The van der Waals surface area contributed by atoms with E-state index in [9.17, 15) is 4.79 Å². The van der Waals surface area contributed by atoms with Gasteiger partial charge in [-0.2, -0.15) is 0 Å². The average molecular weight is 326 g/mol. The number of hydrogen-bond donors (Lipinski definition) is 1. The Balaban J connectivity index is 1.49. The molecule has 4 rings (SSSR count). The molecule has 0 radical (unpaired) electrons. The Kier molecular flexibility index (Phi) is 3.96. The van der Waals surface area contributed by atoms with Crippen molar-refractivity contribution in [3.05, 3.63) is 41.0 Å². The minimum absolute atomic E-state index is 0.0690. The molecule has 0 bridgehead atoms. The van der Waals surface area contributed by atoms with Gasteiger partial charge >= 0.3 is 0 Å². The lowest BCUT2D eigenvalue weighted by molar-refractivity contribution is -0.123. The molecule has 6 heteroatoms. The van der Waals surface area contributed by atoms with Gasteiger partial charge in [0.1, 0.15) is 11.6 Å². The first-order valence-corrected chi connectivity index (χ1v) is 8.61. The highest BCUT2D eigenvalue weighted by Gasteiger charge is 2.27. The Labute approximate surface area is 141 Å². The molecule has 2 aromatic rings. The van der Waals surface area contributed by atoms with E-state index < -0.39 is 0 Å². The quantitative estimate of drug-likeness (QED) is 0.933. The summed E-state index contributed by atoms with van der Waals surface area (Å²) in [6.45, 7) is 1.40. The molecule has 126 valence electrons. The summed E-state index contributed by atoms with van der Waals surface area (Å²) in [7, 11) is 1.66. The van der Waals surface area contributed by atoms with E-state index in [0.717, 1.165) is 61.6 Å². The topological polar surface area (TPSA) is 69.0 Å². The summed E-state index contributed by atoms with van der Waals surface area (Å²) in [4.78, 5) is 12.7. The summed E-state index contributed by atoms with van der Waals surface area (Å²) in [5, 5.41) is 11.5. The second-order valence-corrected chi connectivity index (χ2v) is 6.52. The number of amides is 1. The molecule has 1 amide bonds. The van der Waals surface area contributed by atoms with Crippen molar-refractivity contribution >= 4 is 5.91 Å². The van der Waals surface area contributed by atoms with E-state index in [0.29, 0.717) is 6.54 Å². The number of ether oxygens (including phenoxy) is 1. The van der Waals surface area contributed by atoms with Gasteiger partial charge in [-0.25, -0.2) is 0 Å². The van der Waals surface area contributed by atoms with E-state index in [1.165, 1.54) is 5.56 Å². The van der Waals surface area contributed by atoms with E-state index in [1.54, 1.807) is 7.11 Å². The number of methoxy groups -OCH3 is 1. The van der Waals surface area contributed by atoms with Crippen LogP contribution in [0.1, 0.15) is 48.0 Å². The van der Waals surface area contributed by atoms with Crippen molar-refractivity contribution in [1.82, 2.24) is 20.1 Å². The highest BCUT2D eigenvalue weighted by molar-refractivity contribution is 5.84. The normalized spacial score (nSPS) is 18.8. The largest absolute Gasteiger partial charge is 0.497 e. The van der Waals surface area contributed by atoms with E-state index in [1.807, 2.05) is 12.1 Å². The molecule has 0 saturated heterocycles. The number of fused-ring (bicyclic) bond motifs is 2. The van der Waals surface area contributed by atoms with Crippen LogP contribution in [0.5, 0.6) is 5.75 Å². The predicted octanol–water partition coefficient (Wildman–Crippen LogP) is 1.97. The minimum Gasteiger partial charge on any atom is -0.497 e. The molecule has 2 aliphatic rings. The van der Waals surface area contributed by atoms with Gasteiger partial charge in [0.25, 0.3) is 0 Å². The first kappa shape index (κ1) is 15.2. The second kappa shape index (κ2) is 6.26. The second-order valence-electron chi connectivity index (χ2n) is 6.52. The van der Waals surface area contributed by atoms with Gasteiger partial charge in [0.05, 0.1) is 19.6 Å². The van der Waals surface area contributed by atoms with Gasteiger partial charge in [0.15, 0.2) is 5.82 Å². The summed E-state index contributed by atoms with van der Waals surface area (Å²) in [6, 6.07) is 6.06. The van der Waals surface area contributed by atoms with Crippen LogP contribution in [-0.4, -0.2) is 27.8 Å². The van der Waals surface area contributed by atoms with Crippen LogP contribution in [0.3, 0.4) is 0 Å². The summed E-state index contributed by atoms with van der Waals surface area (Å²) in [5.41, 5.74) is 2.36. The number of aryl methyl sites for hydroxylation is 2. The van der Waals surface area contributed by atoms with Gasteiger partial charge in [-0.1, -0.05) is 6.07 Å². The van der Waals surface area contributed by atoms with E-state index >= 15 is 0 Å². The van der Waals surface area contributed by atoms with Gasteiger partial charge in [-0.05, 0) is 48.9 Å².